The lowest BCUT2D eigenvalue weighted by atomic mass is 10.1. The van der Waals surface area contributed by atoms with Crippen molar-refractivity contribution in [1.29, 1.82) is 0 Å². The van der Waals surface area contributed by atoms with E-state index in [4.69, 9.17) is 16.0 Å². The Hall–Kier alpha value is -3.32. The van der Waals surface area contributed by atoms with Gasteiger partial charge in [0.2, 0.25) is 0 Å². The lowest BCUT2D eigenvalue weighted by Crippen LogP contribution is -2.15. The van der Waals surface area contributed by atoms with Crippen molar-refractivity contribution in [1.82, 2.24) is 0 Å². The van der Waals surface area contributed by atoms with Crippen LogP contribution in [0.15, 0.2) is 59.2 Å². The predicted molar refractivity (Wildman–Crippen MR) is 103 cm³/mol. The number of furan rings is 1. The van der Waals surface area contributed by atoms with E-state index >= 15 is 0 Å². The standard InChI is InChI=1S/C19H16ClN3O4/c1-12-4-5-13(9-17(12)20)22-19(24)16-10-14(23(25)26)6-7-18(16)21-11-15-3-2-8-27-15/h2-10,21H,11H2,1H3,(H,22,24). The molecular weight excluding hydrogens is 370 g/mol. The van der Waals surface area contributed by atoms with E-state index in [1.54, 1.807) is 36.6 Å². The molecule has 3 rings (SSSR count). The van der Waals surface area contributed by atoms with Gasteiger partial charge in [-0.3, -0.25) is 14.9 Å². The maximum Gasteiger partial charge on any atom is 0.270 e. The van der Waals surface area contributed by atoms with Gasteiger partial charge in [0.1, 0.15) is 5.76 Å². The molecule has 0 atom stereocenters. The van der Waals surface area contributed by atoms with E-state index in [9.17, 15) is 14.9 Å². The summed E-state index contributed by atoms with van der Waals surface area (Å²) in [6, 6.07) is 12.7. The maximum atomic E-state index is 12.7. The summed E-state index contributed by atoms with van der Waals surface area (Å²) in [5.74, 6) is 0.186. The summed E-state index contributed by atoms with van der Waals surface area (Å²) in [4.78, 5) is 23.3. The first-order chi connectivity index (χ1) is 12.9. The molecule has 1 amide bonds. The Balaban J connectivity index is 1.87. The molecule has 1 aromatic heterocycles. The number of hydrogen-bond donors (Lipinski definition) is 2. The Labute approximate surface area is 160 Å². The fraction of sp³-hybridized carbons (Fsp3) is 0.105. The predicted octanol–water partition coefficient (Wildman–Crippen LogP) is 5.01. The first-order valence-electron chi connectivity index (χ1n) is 8.06. The van der Waals surface area contributed by atoms with E-state index in [0.717, 1.165) is 5.56 Å². The number of hydrogen-bond acceptors (Lipinski definition) is 5. The fourth-order valence-corrected chi connectivity index (χ4v) is 2.63. The zero-order valence-electron chi connectivity index (χ0n) is 14.4. The fourth-order valence-electron chi connectivity index (χ4n) is 2.45. The van der Waals surface area contributed by atoms with Crippen molar-refractivity contribution in [2.45, 2.75) is 13.5 Å². The molecule has 0 aliphatic heterocycles. The minimum Gasteiger partial charge on any atom is -0.467 e. The molecule has 8 heteroatoms. The molecule has 0 bridgehead atoms. The van der Waals surface area contributed by atoms with Gasteiger partial charge in [-0.2, -0.15) is 0 Å². The summed E-state index contributed by atoms with van der Waals surface area (Å²) in [5, 5.41) is 17.4. The van der Waals surface area contributed by atoms with E-state index < -0.39 is 10.8 Å². The molecule has 0 saturated heterocycles. The monoisotopic (exact) mass is 385 g/mol. The summed E-state index contributed by atoms with van der Waals surface area (Å²) in [5.41, 5.74) is 1.80. The minimum atomic E-state index is -0.546. The second kappa shape index (κ2) is 7.92. The van der Waals surface area contributed by atoms with Crippen LogP contribution in [0.1, 0.15) is 21.7 Å². The Bertz CT molecular complexity index is 987. The van der Waals surface area contributed by atoms with E-state index in [0.29, 0.717) is 28.7 Å². The number of halogens is 1. The summed E-state index contributed by atoms with van der Waals surface area (Å²) < 4.78 is 5.25. The van der Waals surface area contributed by atoms with Crippen LogP contribution in [0.2, 0.25) is 5.02 Å². The molecule has 2 N–H and O–H groups in total. The van der Waals surface area contributed by atoms with E-state index in [1.165, 1.54) is 18.2 Å². The number of nitrogens with zero attached hydrogens (tertiary/aromatic N) is 1. The van der Waals surface area contributed by atoms with Crippen LogP contribution in [0.5, 0.6) is 0 Å². The second-order valence-corrected chi connectivity index (χ2v) is 6.25. The topological polar surface area (TPSA) is 97.4 Å². The first kappa shape index (κ1) is 18.5. The van der Waals surface area contributed by atoms with Gasteiger partial charge in [0.05, 0.1) is 23.3 Å². The van der Waals surface area contributed by atoms with Gasteiger partial charge in [0.15, 0.2) is 0 Å². The van der Waals surface area contributed by atoms with Gasteiger partial charge >= 0.3 is 0 Å². The molecule has 0 fully saturated rings. The van der Waals surface area contributed by atoms with Crippen molar-refractivity contribution in [3.63, 3.8) is 0 Å². The molecule has 1 heterocycles. The van der Waals surface area contributed by atoms with Crippen LogP contribution in [-0.4, -0.2) is 10.8 Å². The van der Waals surface area contributed by atoms with Gasteiger partial charge in [-0.05, 0) is 42.8 Å². The molecule has 0 saturated carbocycles. The van der Waals surface area contributed by atoms with Crippen LogP contribution in [-0.2, 0) is 6.54 Å². The lowest BCUT2D eigenvalue weighted by molar-refractivity contribution is -0.384. The number of nitrogens with one attached hydrogen (secondary N) is 2. The lowest BCUT2D eigenvalue weighted by Gasteiger charge is -2.12. The molecule has 27 heavy (non-hydrogen) atoms. The number of non-ortho nitro benzene ring substituents is 1. The molecule has 0 aliphatic carbocycles. The third-order valence-electron chi connectivity index (χ3n) is 3.92. The third-order valence-corrected chi connectivity index (χ3v) is 4.33. The SMILES string of the molecule is Cc1ccc(NC(=O)c2cc([N+](=O)[O-])ccc2NCc2ccco2)cc1Cl. The number of amides is 1. The maximum absolute atomic E-state index is 12.7. The Kier molecular flexibility index (Phi) is 5.42. The number of aryl methyl sites for hydroxylation is 1. The number of carbonyl (C=O) groups is 1. The highest BCUT2D eigenvalue weighted by molar-refractivity contribution is 6.31. The van der Waals surface area contributed by atoms with Crippen molar-refractivity contribution in [3.8, 4) is 0 Å². The quantitative estimate of drug-likeness (QED) is 0.459. The number of nitro benzene ring substituents is 1. The van der Waals surface area contributed by atoms with E-state index in [1.807, 2.05) is 6.92 Å². The number of carbonyl (C=O) groups excluding carboxylic acids is 1. The van der Waals surface area contributed by atoms with Crippen LogP contribution >= 0.6 is 11.6 Å². The molecule has 0 spiro atoms. The molecule has 7 nitrogen and oxygen atoms in total. The van der Waals surface area contributed by atoms with E-state index in [-0.39, 0.29) is 11.3 Å². The Morgan fingerprint density at radius 1 is 1.22 bits per heavy atom. The smallest absolute Gasteiger partial charge is 0.270 e. The molecule has 3 aromatic rings. The highest BCUT2D eigenvalue weighted by Crippen LogP contribution is 2.25. The summed E-state index contributed by atoms with van der Waals surface area (Å²) >= 11 is 6.08. The average molecular weight is 386 g/mol. The van der Waals surface area contributed by atoms with Crippen molar-refractivity contribution >= 4 is 34.6 Å². The average Bonchev–Trinajstić information content (AvgIpc) is 3.16. The normalized spacial score (nSPS) is 10.4. The van der Waals surface area contributed by atoms with E-state index in [2.05, 4.69) is 10.6 Å². The van der Waals surface area contributed by atoms with Crippen molar-refractivity contribution in [2.24, 2.45) is 0 Å². The largest absolute Gasteiger partial charge is 0.467 e. The summed E-state index contributed by atoms with van der Waals surface area (Å²) in [6.07, 6.45) is 1.54. The Morgan fingerprint density at radius 2 is 2.04 bits per heavy atom. The first-order valence-corrected chi connectivity index (χ1v) is 8.44. The van der Waals surface area contributed by atoms with Crippen LogP contribution in [0, 0.1) is 17.0 Å². The zero-order valence-corrected chi connectivity index (χ0v) is 15.1. The number of anilines is 2. The summed E-state index contributed by atoms with van der Waals surface area (Å²) in [6.45, 7) is 2.19. The number of nitro groups is 1. The number of benzene rings is 2. The van der Waals surface area contributed by atoms with Crippen LogP contribution in [0.3, 0.4) is 0 Å². The van der Waals surface area contributed by atoms with Crippen molar-refractivity contribution in [3.05, 3.63) is 86.8 Å². The zero-order chi connectivity index (χ0) is 19.4. The third kappa shape index (κ3) is 4.45. The summed E-state index contributed by atoms with van der Waals surface area (Å²) in [7, 11) is 0. The molecule has 0 unspecified atom stereocenters. The number of rotatable bonds is 6. The van der Waals surface area contributed by atoms with Gasteiger partial charge in [0.25, 0.3) is 11.6 Å². The molecular formula is C19H16ClN3O4. The molecule has 138 valence electrons. The second-order valence-electron chi connectivity index (χ2n) is 5.84. The molecule has 2 aromatic carbocycles. The van der Waals surface area contributed by atoms with Crippen LogP contribution in [0.4, 0.5) is 17.1 Å². The van der Waals surface area contributed by atoms with Crippen molar-refractivity contribution in [2.75, 3.05) is 10.6 Å². The van der Waals surface area contributed by atoms with Crippen molar-refractivity contribution < 1.29 is 14.1 Å². The van der Waals surface area contributed by atoms with Crippen LogP contribution < -0.4 is 10.6 Å². The van der Waals surface area contributed by atoms with Gasteiger partial charge in [0, 0.05) is 28.5 Å². The Morgan fingerprint density at radius 3 is 2.70 bits per heavy atom. The minimum absolute atomic E-state index is 0.146. The van der Waals surface area contributed by atoms with Crippen LogP contribution in [0.25, 0.3) is 0 Å². The van der Waals surface area contributed by atoms with Gasteiger partial charge < -0.3 is 15.1 Å². The molecule has 0 radical (unpaired) electrons. The van der Waals surface area contributed by atoms with Gasteiger partial charge in [-0.15, -0.1) is 0 Å². The molecule has 0 aliphatic rings. The highest BCUT2D eigenvalue weighted by atomic mass is 35.5. The van der Waals surface area contributed by atoms with Gasteiger partial charge in [-0.1, -0.05) is 17.7 Å². The highest BCUT2D eigenvalue weighted by Gasteiger charge is 2.17. The van der Waals surface area contributed by atoms with Gasteiger partial charge in [-0.25, -0.2) is 0 Å².